The molecule has 7 nitrogen and oxygen atoms in total. The third-order valence-electron chi connectivity index (χ3n) is 2.54. The monoisotopic (exact) mass is 261 g/mol. The molecule has 0 radical (unpaired) electrons. The van der Waals surface area contributed by atoms with Gasteiger partial charge in [0.05, 0.1) is 19.2 Å². The number of aromatic nitrogens is 2. The van der Waals surface area contributed by atoms with Gasteiger partial charge in [-0.05, 0) is 22.0 Å². The Morgan fingerprint density at radius 3 is 2.84 bits per heavy atom. The average molecular weight is 261 g/mol. The highest BCUT2D eigenvalue weighted by Crippen LogP contribution is 2.18. The van der Waals surface area contributed by atoms with Gasteiger partial charge in [-0.25, -0.2) is 0 Å². The summed E-state index contributed by atoms with van der Waals surface area (Å²) in [5.41, 5.74) is 0.432. The van der Waals surface area contributed by atoms with Crippen LogP contribution in [0.5, 0.6) is 5.75 Å². The van der Waals surface area contributed by atoms with Crippen LogP contribution in [0.25, 0.3) is 0 Å². The van der Waals surface area contributed by atoms with Crippen LogP contribution in [0.1, 0.15) is 10.4 Å². The van der Waals surface area contributed by atoms with Crippen LogP contribution in [0.4, 0.5) is 5.82 Å². The van der Waals surface area contributed by atoms with Crippen LogP contribution in [0.2, 0.25) is 0 Å². The minimum Gasteiger partial charge on any atom is -0.496 e. The maximum absolute atomic E-state index is 12.1. The third-order valence-corrected chi connectivity index (χ3v) is 2.54. The van der Waals surface area contributed by atoms with Crippen molar-refractivity contribution < 1.29 is 14.5 Å². The number of nitro groups is 1. The number of hydrogen-bond donors (Lipinski definition) is 0. The van der Waals surface area contributed by atoms with Gasteiger partial charge in [0.2, 0.25) is 6.33 Å². The third kappa shape index (κ3) is 2.76. The summed E-state index contributed by atoms with van der Waals surface area (Å²) >= 11 is 0. The number of ketones is 1. The Morgan fingerprint density at radius 1 is 1.47 bits per heavy atom. The van der Waals surface area contributed by atoms with E-state index in [-0.39, 0.29) is 18.1 Å². The Kier molecular flexibility index (Phi) is 3.56. The van der Waals surface area contributed by atoms with Crippen LogP contribution in [-0.2, 0) is 6.54 Å². The number of para-hydroxylation sites is 1. The van der Waals surface area contributed by atoms with Gasteiger partial charge < -0.3 is 19.4 Å². The lowest BCUT2D eigenvalue weighted by Crippen LogP contribution is -2.10. The average Bonchev–Trinajstić information content (AvgIpc) is 2.87. The van der Waals surface area contributed by atoms with Crippen LogP contribution in [-0.4, -0.2) is 27.4 Å². The molecular weight excluding hydrogens is 250 g/mol. The first kappa shape index (κ1) is 12.7. The Morgan fingerprint density at radius 2 is 2.21 bits per heavy atom. The smallest absolute Gasteiger partial charge is 0.381 e. The van der Waals surface area contributed by atoms with E-state index in [0.29, 0.717) is 11.3 Å². The lowest BCUT2D eigenvalue weighted by molar-refractivity contribution is -0.389. The van der Waals surface area contributed by atoms with E-state index in [2.05, 4.69) is 4.98 Å². The largest absolute Gasteiger partial charge is 0.496 e. The van der Waals surface area contributed by atoms with Crippen molar-refractivity contribution in [1.29, 1.82) is 0 Å². The summed E-state index contributed by atoms with van der Waals surface area (Å²) in [6.07, 6.45) is 2.47. The second-order valence-corrected chi connectivity index (χ2v) is 3.78. The van der Waals surface area contributed by atoms with Gasteiger partial charge in [0, 0.05) is 0 Å². The van der Waals surface area contributed by atoms with Gasteiger partial charge in [0.1, 0.15) is 11.9 Å². The lowest BCUT2D eigenvalue weighted by Gasteiger charge is -2.06. The van der Waals surface area contributed by atoms with Crippen LogP contribution in [0, 0.1) is 10.1 Å². The number of nitrogens with zero attached hydrogens (tertiary/aromatic N) is 3. The molecule has 0 N–H and O–H groups in total. The van der Waals surface area contributed by atoms with Crippen molar-refractivity contribution in [3.63, 3.8) is 0 Å². The van der Waals surface area contributed by atoms with Crippen LogP contribution >= 0.6 is 0 Å². The first-order valence-corrected chi connectivity index (χ1v) is 5.44. The van der Waals surface area contributed by atoms with Crippen LogP contribution in [0.15, 0.2) is 36.8 Å². The number of benzene rings is 1. The summed E-state index contributed by atoms with van der Waals surface area (Å²) in [7, 11) is 1.48. The van der Waals surface area contributed by atoms with Gasteiger partial charge in [0.25, 0.3) is 0 Å². The maximum Gasteiger partial charge on any atom is 0.381 e. The quantitative estimate of drug-likeness (QED) is 0.464. The van der Waals surface area contributed by atoms with E-state index in [0.717, 1.165) is 0 Å². The highest BCUT2D eigenvalue weighted by atomic mass is 16.6. The molecule has 1 aromatic carbocycles. The molecule has 0 saturated carbocycles. The molecule has 0 spiro atoms. The zero-order chi connectivity index (χ0) is 13.8. The van der Waals surface area contributed by atoms with E-state index in [9.17, 15) is 14.9 Å². The summed E-state index contributed by atoms with van der Waals surface area (Å²) < 4.78 is 6.46. The SMILES string of the molecule is COc1ccccc1C(=O)Cn1cnc([N+](=O)[O-])c1. The van der Waals surface area contributed by atoms with Crippen molar-refractivity contribution in [3.8, 4) is 5.75 Å². The first-order chi connectivity index (χ1) is 9.11. The number of methoxy groups -OCH3 is 1. The molecular formula is C12H11N3O4. The molecule has 0 bridgehead atoms. The predicted molar refractivity (Wildman–Crippen MR) is 66.2 cm³/mol. The number of carbonyl (C=O) groups excluding carboxylic acids is 1. The second kappa shape index (κ2) is 5.30. The molecule has 2 rings (SSSR count). The standard InChI is InChI=1S/C12H11N3O4/c1-19-11-5-3-2-4-9(11)10(16)6-14-7-12(13-8-14)15(17)18/h2-5,7-8H,6H2,1H3. The van der Waals surface area contributed by atoms with Gasteiger partial charge in [-0.3, -0.25) is 4.79 Å². The molecule has 1 aromatic heterocycles. The molecule has 2 aromatic rings. The summed E-state index contributed by atoms with van der Waals surface area (Å²) in [6, 6.07) is 6.82. The van der Waals surface area contributed by atoms with E-state index in [1.54, 1.807) is 24.3 Å². The Hall–Kier alpha value is -2.70. The second-order valence-electron chi connectivity index (χ2n) is 3.78. The summed E-state index contributed by atoms with van der Waals surface area (Å²) in [6.45, 7) is -0.0266. The number of rotatable bonds is 5. The highest BCUT2D eigenvalue weighted by Gasteiger charge is 2.15. The number of imidazole rings is 1. The van der Waals surface area contributed by atoms with Gasteiger partial charge in [-0.15, -0.1) is 0 Å². The van der Waals surface area contributed by atoms with Crippen molar-refractivity contribution >= 4 is 11.6 Å². The number of ether oxygens (including phenoxy) is 1. The number of carbonyl (C=O) groups is 1. The van der Waals surface area contributed by atoms with Crippen molar-refractivity contribution in [2.24, 2.45) is 0 Å². The summed E-state index contributed by atoms with van der Waals surface area (Å²) in [4.78, 5) is 25.5. The summed E-state index contributed by atoms with van der Waals surface area (Å²) in [5, 5.41) is 10.5. The predicted octanol–water partition coefficient (Wildman–Crippen LogP) is 1.68. The normalized spacial score (nSPS) is 10.2. The molecule has 0 unspecified atom stereocenters. The van der Waals surface area contributed by atoms with E-state index in [1.165, 1.54) is 24.2 Å². The molecule has 0 amide bonds. The van der Waals surface area contributed by atoms with Crippen molar-refractivity contribution in [2.45, 2.75) is 6.54 Å². The molecule has 98 valence electrons. The van der Waals surface area contributed by atoms with E-state index in [1.807, 2.05) is 0 Å². The number of Topliss-reactive ketones (excluding diaryl/α,β-unsaturated/α-hetero) is 1. The van der Waals surface area contributed by atoms with Crippen molar-refractivity contribution in [2.75, 3.05) is 7.11 Å². The molecule has 19 heavy (non-hydrogen) atoms. The Balaban J connectivity index is 2.18. The Labute approximate surface area is 108 Å². The molecule has 0 atom stereocenters. The fraction of sp³-hybridized carbons (Fsp3) is 0.167. The van der Waals surface area contributed by atoms with E-state index in [4.69, 9.17) is 4.74 Å². The highest BCUT2D eigenvalue weighted by molar-refractivity contribution is 5.98. The zero-order valence-corrected chi connectivity index (χ0v) is 10.1. The molecule has 0 fully saturated rings. The fourth-order valence-corrected chi connectivity index (χ4v) is 1.66. The van der Waals surface area contributed by atoms with Crippen LogP contribution < -0.4 is 4.74 Å². The maximum atomic E-state index is 12.1. The fourth-order valence-electron chi connectivity index (χ4n) is 1.66. The first-order valence-electron chi connectivity index (χ1n) is 5.44. The molecule has 0 aliphatic heterocycles. The molecule has 0 saturated heterocycles. The molecule has 1 heterocycles. The minimum atomic E-state index is -0.607. The minimum absolute atomic E-state index is 0.0266. The lowest BCUT2D eigenvalue weighted by atomic mass is 10.1. The van der Waals surface area contributed by atoms with Crippen molar-refractivity contribution in [3.05, 3.63) is 52.5 Å². The zero-order valence-electron chi connectivity index (χ0n) is 10.1. The van der Waals surface area contributed by atoms with E-state index < -0.39 is 4.92 Å². The summed E-state index contributed by atoms with van der Waals surface area (Å²) in [5.74, 6) is -0.0142. The van der Waals surface area contributed by atoms with Gasteiger partial charge in [-0.2, -0.15) is 0 Å². The topological polar surface area (TPSA) is 87.3 Å². The van der Waals surface area contributed by atoms with Crippen LogP contribution in [0.3, 0.4) is 0 Å². The van der Waals surface area contributed by atoms with E-state index >= 15 is 0 Å². The number of hydrogen-bond acceptors (Lipinski definition) is 5. The van der Waals surface area contributed by atoms with Gasteiger partial charge in [0.15, 0.2) is 5.78 Å². The van der Waals surface area contributed by atoms with Gasteiger partial charge in [-0.1, -0.05) is 12.1 Å². The molecule has 0 aliphatic rings. The Bertz CT molecular complexity index is 621. The van der Waals surface area contributed by atoms with Gasteiger partial charge >= 0.3 is 5.82 Å². The van der Waals surface area contributed by atoms with Crippen molar-refractivity contribution in [1.82, 2.24) is 9.55 Å². The molecule has 0 aliphatic carbocycles. The molecule has 7 heteroatoms.